The highest BCUT2D eigenvalue weighted by molar-refractivity contribution is 9.10. The van der Waals surface area contributed by atoms with E-state index in [1.807, 2.05) is 6.92 Å². The fourth-order valence-corrected chi connectivity index (χ4v) is 1.69. The van der Waals surface area contributed by atoms with E-state index in [4.69, 9.17) is 0 Å². The second-order valence-electron chi connectivity index (χ2n) is 2.14. The molecule has 0 aromatic carbocycles. The molecule has 0 heterocycles. The second-order valence-corrected chi connectivity index (χ2v) is 4.61. The van der Waals surface area contributed by atoms with Crippen LogP contribution in [0.3, 0.4) is 0 Å². The molecule has 0 aromatic heterocycles. The molecule has 0 aromatic rings. The van der Waals surface area contributed by atoms with Gasteiger partial charge in [-0.15, -0.1) is 0 Å². The van der Waals surface area contributed by atoms with E-state index < -0.39 is 0 Å². The molecule has 0 aliphatic heterocycles. The molecular formula is C7H13BrOS. The average Bonchev–Trinajstić information content (AvgIpc) is 1.88. The van der Waals surface area contributed by atoms with E-state index in [-0.39, 0.29) is 9.94 Å². The SMILES string of the molecule is CCCCSC(=O)C(C)Br. The van der Waals surface area contributed by atoms with Gasteiger partial charge in [-0.1, -0.05) is 41.0 Å². The Hall–Kier alpha value is 0.500. The van der Waals surface area contributed by atoms with Crippen LogP contribution in [0.4, 0.5) is 0 Å². The number of alkyl halides is 1. The Morgan fingerprint density at radius 1 is 1.70 bits per heavy atom. The zero-order chi connectivity index (χ0) is 7.98. The van der Waals surface area contributed by atoms with Crippen molar-refractivity contribution in [3.63, 3.8) is 0 Å². The van der Waals surface area contributed by atoms with Crippen LogP contribution in [0, 0.1) is 0 Å². The maximum Gasteiger partial charge on any atom is 0.202 e. The van der Waals surface area contributed by atoms with Crippen LogP contribution in [0.2, 0.25) is 0 Å². The lowest BCUT2D eigenvalue weighted by molar-refractivity contribution is -0.110. The molecule has 0 N–H and O–H groups in total. The molecule has 10 heavy (non-hydrogen) atoms. The van der Waals surface area contributed by atoms with Crippen molar-refractivity contribution in [2.75, 3.05) is 5.75 Å². The van der Waals surface area contributed by atoms with Crippen LogP contribution in [0.15, 0.2) is 0 Å². The first-order valence-corrected chi connectivity index (χ1v) is 5.39. The number of thioether (sulfide) groups is 1. The van der Waals surface area contributed by atoms with E-state index in [9.17, 15) is 4.79 Å². The third-order valence-corrected chi connectivity index (χ3v) is 2.92. The number of halogens is 1. The molecule has 0 rings (SSSR count). The Morgan fingerprint density at radius 2 is 2.30 bits per heavy atom. The van der Waals surface area contributed by atoms with Gasteiger partial charge in [-0.3, -0.25) is 4.79 Å². The number of carbonyl (C=O) groups excluding carboxylic acids is 1. The lowest BCUT2D eigenvalue weighted by Crippen LogP contribution is -2.04. The maximum absolute atomic E-state index is 10.9. The summed E-state index contributed by atoms with van der Waals surface area (Å²) < 4.78 is 0. The summed E-state index contributed by atoms with van der Waals surface area (Å²) in [6.45, 7) is 3.99. The Kier molecular flexibility index (Phi) is 6.54. The highest BCUT2D eigenvalue weighted by Gasteiger charge is 2.07. The zero-order valence-corrected chi connectivity index (χ0v) is 8.80. The van der Waals surface area contributed by atoms with Crippen LogP contribution in [0.5, 0.6) is 0 Å². The van der Waals surface area contributed by atoms with E-state index in [1.54, 1.807) is 0 Å². The maximum atomic E-state index is 10.9. The molecule has 60 valence electrons. The van der Waals surface area contributed by atoms with Crippen LogP contribution < -0.4 is 0 Å². The van der Waals surface area contributed by atoms with Gasteiger partial charge in [0.1, 0.15) is 0 Å². The summed E-state index contributed by atoms with van der Waals surface area (Å²) in [4.78, 5) is 10.9. The summed E-state index contributed by atoms with van der Waals surface area (Å²) in [5, 5.41) is 0.244. The normalized spacial score (nSPS) is 13.1. The van der Waals surface area contributed by atoms with Crippen molar-refractivity contribution < 1.29 is 4.79 Å². The monoisotopic (exact) mass is 224 g/mol. The van der Waals surface area contributed by atoms with Gasteiger partial charge in [0.05, 0.1) is 4.83 Å². The third kappa shape index (κ3) is 5.30. The van der Waals surface area contributed by atoms with Gasteiger partial charge in [-0.05, 0) is 13.3 Å². The zero-order valence-electron chi connectivity index (χ0n) is 6.39. The molecule has 0 radical (unpaired) electrons. The molecular weight excluding hydrogens is 212 g/mol. The van der Waals surface area contributed by atoms with Gasteiger partial charge in [-0.2, -0.15) is 0 Å². The predicted molar refractivity (Wildman–Crippen MR) is 50.8 cm³/mol. The quantitative estimate of drug-likeness (QED) is 0.540. The molecule has 0 aliphatic rings. The Labute approximate surface area is 75.1 Å². The Balaban J connectivity index is 3.22. The van der Waals surface area contributed by atoms with E-state index >= 15 is 0 Å². The number of hydrogen-bond acceptors (Lipinski definition) is 2. The molecule has 1 atom stereocenters. The molecule has 1 nitrogen and oxygen atoms in total. The average molecular weight is 225 g/mol. The van der Waals surface area contributed by atoms with Gasteiger partial charge in [0.2, 0.25) is 5.12 Å². The van der Waals surface area contributed by atoms with E-state index in [0.29, 0.717) is 0 Å². The minimum atomic E-state index is 0.00866. The van der Waals surface area contributed by atoms with Gasteiger partial charge in [0.25, 0.3) is 0 Å². The fourth-order valence-electron chi connectivity index (χ4n) is 0.432. The minimum absolute atomic E-state index is 0.00866. The summed E-state index contributed by atoms with van der Waals surface area (Å²) in [5.74, 6) is 0.964. The van der Waals surface area contributed by atoms with Gasteiger partial charge in [-0.25, -0.2) is 0 Å². The number of unbranched alkanes of at least 4 members (excludes halogenated alkanes) is 1. The van der Waals surface area contributed by atoms with Crippen molar-refractivity contribution in [3.8, 4) is 0 Å². The summed E-state index contributed by atoms with van der Waals surface area (Å²) in [7, 11) is 0. The molecule has 0 amide bonds. The molecule has 0 saturated heterocycles. The summed E-state index contributed by atoms with van der Waals surface area (Å²) in [5.41, 5.74) is 0. The van der Waals surface area contributed by atoms with Crippen molar-refractivity contribution >= 4 is 32.8 Å². The molecule has 0 bridgehead atoms. The van der Waals surface area contributed by atoms with Crippen molar-refractivity contribution in [2.45, 2.75) is 31.5 Å². The highest BCUT2D eigenvalue weighted by Crippen LogP contribution is 2.12. The molecule has 0 aliphatic carbocycles. The van der Waals surface area contributed by atoms with Crippen molar-refractivity contribution in [2.24, 2.45) is 0 Å². The number of rotatable bonds is 4. The smallest absolute Gasteiger partial charge is 0.202 e. The van der Waals surface area contributed by atoms with Crippen LogP contribution in [0.25, 0.3) is 0 Å². The molecule has 0 saturated carbocycles. The summed E-state index contributed by atoms with van der Waals surface area (Å²) >= 11 is 4.64. The largest absolute Gasteiger partial charge is 0.286 e. The summed E-state index contributed by atoms with van der Waals surface area (Å²) in [6, 6.07) is 0. The predicted octanol–water partition coefficient (Wildman–Crippen LogP) is 2.83. The van der Waals surface area contributed by atoms with Crippen molar-refractivity contribution in [1.82, 2.24) is 0 Å². The van der Waals surface area contributed by atoms with Crippen LogP contribution in [-0.2, 0) is 4.79 Å². The third-order valence-electron chi connectivity index (χ3n) is 1.07. The first-order chi connectivity index (χ1) is 4.68. The standard InChI is InChI=1S/C7H13BrOS/c1-3-4-5-10-7(9)6(2)8/h6H,3-5H2,1-2H3. The highest BCUT2D eigenvalue weighted by atomic mass is 79.9. The van der Waals surface area contributed by atoms with E-state index in [1.165, 1.54) is 11.8 Å². The lowest BCUT2D eigenvalue weighted by atomic mass is 10.4. The van der Waals surface area contributed by atoms with Gasteiger partial charge in [0.15, 0.2) is 0 Å². The van der Waals surface area contributed by atoms with E-state index in [2.05, 4.69) is 22.9 Å². The first-order valence-electron chi connectivity index (χ1n) is 3.49. The van der Waals surface area contributed by atoms with Crippen LogP contribution in [0.1, 0.15) is 26.7 Å². The Morgan fingerprint density at radius 3 is 2.70 bits per heavy atom. The number of hydrogen-bond donors (Lipinski definition) is 0. The van der Waals surface area contributed by atoms with Crippen molar-refractivity contribution in [3.05, 3.63) is 0 Å². The second kappa shape index (κ2) is 6.23. The Bertz CT molecular complexity index is 104. The van der Waals surface area contributed by atoms with Gasteiger partial charge < -0.3 is 0 Å². The lowest BCUT2D eigenvalue weighted by Gasteiger charge is -1.99. The minimum Gasteiger partial charge on any atom is -0.286 e. The first kappa shape index (κ1) is 10.5. The van der Waals surface area contributed by atoms with Crippen molar-refractivity contribution in [1.29, 1.82) is 0 Å². The van der Waals surface area contributed by atoms with E-state index in [0.717, 1.165) is 18.6 Å². The van der Waals surface area contributed by atoms with Crippen LogP contribution in [-0.4, -0.2) is 15.7 Å². The topological polar surface area (TPSA) is 17.1 Å². The fraction of sp³-hybridized carbons (Fsp3) is 0.857. The molecule has 3 heteroatoms. The molecule has 0 spiro atoms. The summed E-state index contributed by atoms with van der Waals surface area (Å²) in [6.07, 6.45) is 2.30. The van der Waals surface area contributed by atoms with Crippen LogP contribution >= 0.6 is 27.7 Å². The molecule has 1 unspecified atom stereocenters. The van der Waals surface area contributed by atoms with Gasteiger partial charge >= 0.3 is 0 Å². The van der Waals surface area contributed by atoms with Gasteiger partial charge in [0, 0.05) is 5.75 Å². The molecule has 0 fully saturated rings. The number of carbonyl (C=O) groups is 1.